The maximum absolute atomic E-state index is 12.7. The standard InChI is InChI=1S/C19H23NO4S2/c1-3-22-15-8-7-13(10-16(15)23-4-2)11-17-18(21)20(19(25)26-17)12-14-6-5-9-24-14/h7-8,10-11,14H,3-6,9,12H2,1-2H3/b17-11-/t14-/m0/s1. The van der Waals surface area contributed by atoms with Crippen LogP contribution < -0.4 is 9.47 Å². The van der Waals surface area contributed by atoms with Crippen LogP contribution >= 0.6 is 24.0 Å². The molecule has 0 saturated carbocycles. The van der Waals surface area contributed by atoms with Gasteiger partial charge in [0, 0.05) is 6.61 Å². The number of nitrogens with zero attached hydrogens (tertiary/aromatic N) is 1. The van der Waals surface area contributed by atoms with Crippen LogP contribution in [0.25, 0.3) is 6.08 Å². The van der Waals surface area contributed by atoms with Gasteiger partial charge in [0.25, 0.3) is 5.91 Å². The Labute approximate surface area is 163 Å². The maximum atomic E-state index is 12.7. The summed E-state index contributed by atoms with van der Waals surface area (Å²) in [4.78, 5) is 15.0. The first-order chi connectivity index (χ1) is 12.6. The highest BCUT2D eigenvalue weighted by molar-refractivity contribution is 8.26. The normalized spacial score (nSPS) is 21.7. The van der Waals surface area contributed by atoms with Gasteiger partial charge in [-0.05, 0) is 50.5 Å². The van der Waals surface area contributed by atoms with Crippen LogP contribution in [0.2, 0.25) is 0 Å². The molecule has 2 fully saturated rings. The molecule has 1 atom stereocenters. The van der Waals surface area contributed by atoms with Crippen LogP contribution in [0.1, 0.15) is 32.3 Å². The molecule has 2 heterocycles. The van der Waals surface area contributed by atoms with Crippen LogP contribution in [-0.4, -0.2) is 47.6 Å². The van der Waals surface area contributed by atoms with E-state index in [-0.39, 0.29) is 12.0 Å². The van der Waals surface area contributed by atoms with Crippen molar-refractivity contribution in [3.05, 3.63) is 28.7 Å². The van der Waals surface area contributed by atoms with E-state index in [1.54, 1.807) is 4.90 Å². The minimum atomic E-state index is -0.0534. The number of thiocarbonyl (C=S) groups is 1. The van der Waals surface area contributed by atoms with Crippen LogP contribution in [0.3, 0.4) is 0 Å². The van der Waals surface area contributed by atoms with Crippen LogP contribution in [0.5, 0.6) is 11.5 Å². The van der Waals surface area contributed by atoms with E-state index in [0.29, 0.717) is 40.5 Å². The molecule has 0 unspecified atom stereocenters. The Morgan fingerprint density at radius 3 is 2.77 bits per heavy atom. The Morgan fingerprint density at radius 1 is 1.31 bits per heavy atom. The fourth-order valence-electron chi connectivity index (χ4n) is 2.96. The topological polar surface area (TPSA) is 48.0 Å². The van der Waals surface area contributed by atoms with Crippen molar-refractivity contribution in [1.29, 1.82) is 0 Å². The van der Waals surface area contributed by atoms with E-state index in [4.69, 9.17) is 26.4 Å². The van der Waals surface area contributed by atoms with Crippen molar-refractivity contribution in [2.45, 2.75) is 32.8 Å². The smallest absolute Gasteiger partial charge is 0.266 e. The van der Waals surface area contributed by atoms with E-state index in [2.05, 4.69) is 0 Å². The largest absolute Gasteiger partial charge is 0.490 e. The molecule has 1 aromatic rings. The number of benzene rings is 1. The van der Waals surface area contributed by atoms with E-state index >= 15 is 0 Å². The molecule has 140 valence electrons. The third kappa shape index (κ3) is 4.39. The Kier molecular flexibility index (Phi) is 6.56. The van der Waals surface area contributed by atoms with Crippen LogP contribution in [0.15, 0.2) is 23.1 Å². The van der Waals surface area contributed by atoms with Gasteiger partial charge < -0.3 is 14.2 Å². The van der Waals surface area contributed by atoms with Gasteiger partial charge in [-0.25, -0.2) is 0 Å². The van der Waals surface area contributed by atoms with Gasteiger partial charge in [-0.1, -0.05) is 30.0 Å². The third-order valence-corrected chi connectivity index (χ3v) is 5.53. The summed E-state index contributed by atoms with van der Waals surface area (Å²) in [5.74, 6) is 1.33. The number of ether oxygens (including phenoxy) is 3. The lowest BCUT2D eigenvalue weighted by atomic mass is 10.1. The molecule has 7 heteroatoms. The third-order valence-electron chi connectivity index (χ3n) is 4.15. The number of carbonyl (C=O) groups excluding carboxylic acids is 1. The first kappa shape index (κ1) is 19.2. The predicted octanol–water partition coefficient (Wildman–Crippen LogP) is 3.86. The van der Waals surface area contributed by atoms with Crippen LogP contribution in [-0.2, 0) is 9.53 Å². The number of carbonyl (C=O) groups is 1. The molecule has 0 bridgehead atoms. The molecular formula is C19H23NO4S2. The zero-order valence-corrected chi connectivity index (χ0v) is 16.7. The van der Waals surface area contributed by atoms with Crippen molar-refractivity contribution in [2.75, 3.05) is 26.4 Å². The summed E-state index contributed by atoms with van der Waals surface area (Å²) in [6.45, 7) is 6.28. The first-order valence-electron chi connectivity index (χ1n) is 8.89. The molecule has 2 aliphatic rings. The second-order valence-electron chi connectivity index (χ2n) is 6.00. The quantitative estimate of drug-likeness (QED) is 0.518. The summed E-state index contributed by atoms with van der Waals surface area (Å²) in [5.41, 5.74) is 0.884. The molecule has 0 aliphatic carbocycles. The lowest BCUT2D eigenvalue weighted by Crippen LogP contribution is -2.35. The predicted molar refractivity (Wildman–Crippen MR) is 108 cm³/mol. The van der Waals surface area contributed by atoms with E-state index in [1.165, 1.54) is 11.8 Å². The van der Waals surface area contributed by atoms with Gasteiger partial charge >= 0.3 is 0 Å². The number of hydrogen-bond acceptors (Lipinski definition) is 6. The molecule has 0 radical (unpaired) electrons. The highest BCUT2D eigenvalue weighted by Gasteiger charge is 2.34. The number of thioether (sulfide) groups is 1. The van der Waals surface area contributed by atoms with Gasteiger partial charge in [0.2, 0.25) is 0 Å². The summed E-state index contributed by atoms with van der Waals surface area (Å²) < 4.78 is 17.5. The molecule has 2 aliphatic heterocycles. The average Bonchev–Trinajstić information content (AvgIpc) is 3.22. The van der Waals surface area contributed by atoms with Crippen molar-refractivity contribution in [3.8, 4) is 11.5 Å². The van der Waals surface area contributed by atoms with Gasteiger partial charge in [-0.3, -0.25) is 9.69 Å². The van der Waals surface area contributed by atoms with Crippen LogP contribution in [0, 0.1) is 0 Å². The Hall–Kier alpha value is -1.57. The average molecular weight is 394 g/mol. The van der Waals surface area contributed by atoms with Crippen molar-refractivity contribution in [3.63, 3.8) is 0 Å². The molecule has 2 saturated heterocycles. The summed E-state index contributed by atoms with van der Waals surface area (Å²) in [5, 5.41) is 0. The molecule has 0 aromatic heterocycles. The molecule has 0 N–H and O–H groups in total. The van der Waals surface area contributed by atoms with E-state index in [0.717, 1.165) is 25.0 Å². The van der Waals surface area contributed by atoms with Gasteiger partial charge in [-0.2, -0.15) is 0 Å². The lowest BCUT2D eigenvalue weighted by Gasteiger charge is -2.18. The zero-order valence-electron chi connectivity index (χ0n) is 15.0. The molecule has 5 nitrogen and oxygen atoms in total. The second kappa shape index (κ2) is 8.88. The minimum Gasteiger partial charge on any atom is -0.490 e. The van der Waals surface area contributed by atoms with Crippen molar-refractivity contribution >= 4 is 40.3 Å². The summed E-state index contributed by atoms with van der Waals surface area (Å²) >= 11 is 6.73. The highest BCUT2D eigenvalue weighted by Crippen LogP contribution is 2.35. The first-order valence-corrected chi connectivity index (χ1v) is 10.1. The van der Waals surface area contributed by atoms with Gasteiger partial charge in [0.05, 0.1) is 30.8 Å². The summed E-state index contributed by atoms with van der Waals surface area (Å²) in [6, 6.07) is 5.68. The number of rotatable bonds is 7. The molecular weight excluding hydrogens is 370 g/mol. The fourth-order valence-corrected chi connectivity index (χ4v) is 4.23. The van der Waals surface area contributed by atoms with Gasteiger partial charge in [0.15, 0.2) is 11.5 Å². The van der Waals surface area contributed by atoms with Crippen molar-refractivity contribution in [2.24, 2.45) is 0 Å². The zero-order chi connectivity index (χ0) is 18.5. The Bertz CT molecular complexity index is 713. The van der Waals surface area contributed by atoms with Crippen LogP contribution in [0.4, 0.5) is 0 Å². The maximum Gasteiger partial charge on any atom is 0.266 e. The van der Waals surface area contributed by atoms with E-state index < -0.39 is 0 Å². The monoisotopic (exact) mass is 393 g/mol. The second-order valence-corrected chi connectivity index (χ2v) is 7.68. The van der Waals surface area contributed by atoms with E-state index in [9.17, 15) is 4.79 Å². The molecule has 26 heavy (non-hydrogen) atoms. The summed E-state index contributed by atoms with van der Waals surface area (Å²) in [7, 11) is 0. The number of amides is 1. The SMILES string of the molecule is CCOc1ccc(/C=C2\SC(=S)N(C[C@@H]3CCCO3)C2=O)cc1OCC. The van der Waals surface area contributed by atoms with Gasteiger partial charge in [0.1, 0.15) is 4.32 Å². The minimum absolute atomic E-state index is 0.0534. The summed E-state index contributed by atoms with van der Waals surface area (Å²) in [6.07, 6.45) is 3.97. The number of hydrogen-bond donors (Lipinski definition) is 0. The highest BCUT2D eigenvalue weighted by atomic mass is 32.2. The van der Waals surface area contributed by atoms with Gasteiger partial charge in [-0.15, -0.1) is 0 Å². The van der Waals surface area contributed by atoms with Crippen molar-refractivity contribution < 1.29 is 19.0 Å². The van der Waals surface area contributed by atoms with Crippen molar-refractivity contribution in [1.82, 2.24) is 4.90 Å². The molecule has 1 aromatic carbocycles. The molecule has 1 amide bonds. The Morgan fingerprint density at radius 2 is 2.08 bits per heavy atom. The van der Waals surface area contributed by atoms with E-state index in [1.807, 2.05) is 38.1 Å². The Balaban J connectivity index is 1.77. The molecule has 3 rings (SSSR count). The lowest BCUT2D eigenvalue weighted by molar-refractivity contribution is -0.123. The fraction of sp³-hybridized carbons (Fsp3) is 0.474. The molecule has 0 spiro atoms.